The molecule has 11 rings (SSSR count). The maximum atomic E-state index is 2.75. The van der Waals surface area contributed by atoms with Crippen molar-refractivity contribution in [2.24, 2.45) is 11.8 Å². The fourth-order valence-electron chi connectivity index (χ4n) is 11.4. The van der Waals surface area contributed by atoms with Crippen LogP contribution in [0.2, 0.25) is 0 Å². The molecule has 0 saturated carbocycles. The van der Waals surface area contributed by atoms with Crippen molar-refractivity contribution < 1.29 is 0 Å². The predicted molar refractivity (Wildman–Crippen MR) is 253 cm³/mol. The molecule has 2 nitrogen and oxygen atoms in total. The first-order valence-corrected chi connectivity index (χ1v) is 22.8. The smallest absolute Gasteiger partial charge is 0.0589 e. The van der Waals surface area contributed by atoms with Gasteiger partial charge in [0.2, 0.25) is 0 Å². The van der Waals surface area contributed by atoms with E-state index >= 15 is 0 Å². The van der Waals surface area contributed by atoms with Gasteiger partial charge in [-0.15, -0.1) is 0 Å². The zero-order valence-corrected chi connectivity index (χ0v) is 34.7. The molecule has 0 amide bonds. The van der Waals surface area contributed by atoms with Crippen LogP contribution in [0, 0.1) is 11.8 Å². The lowest BCUT2D eigenvalue weighted by molar-refractivity contribution is 0.250. The minimum Gasteiger partial charge on any atom is -0.358 e. The minimum atomic E-state index is 0.289. The number of fused-ring (bicyclic) bond motifs is 5. The van der Waals surface area contributed by atoms with Gasteiger partial charge in [-0.1, -0.05) is 176 Å². The third kappa shape index (κ3) is 6.94. The summed E-state index contributed by atoms with van der Waals surface area (Å²) in [6.07, 6.45) is 58.5. The highest BCUT2D eigenvalue weighted by Gasteiger charge is 2.42. The highest BCUT2D eigenvalue weighted by Crippen LogP contribution is 2.53. The molecule has 3 aromatic carbocycles. The van der Waals surface area contributed by atoms with Gasteiger partial charge in [0.1, 0.15) is 0 Å². The Labute approximate surface area is 357 Å². The molecular formula is C58H56N2. The Bertz CT molecular complexity index is 2570. The predicted octanol–water partition coefficient (Wildman–Crippen LogP) is 14.1. The lowest BCUT2D eigenvalue weighted by Gasteiger charge is -2.42. The molecule has 7 unspecified atom stereocenters. The molecule has 3 aromatic rings. The molecule has 8 aliphatic rings. The Hall–Kier alpha value is -5.86. The van der Waals surface area contributed by atoms with Crippen LogP contribution in [0.1, 0.15) is 80.8 Å². The maximum Gasteiger partial charge on any atom is 0.0589 e. The third-order valence-corrected chi connectivity index (χ3v) is 14.5. The molecule has 0 spiro atoms. The van der Waals surface area contributed by atoms with Crippen LogP contribution in [0.25, 0.3) is 10.8 Å². The first-order chi connectivity index (χ1) is 29.8. The number of anilines is 1. The van der Waals surface area contributed by atoms with Crippen LogP contribution in [0.3, 0.4) is 0 Å². The van der Waals surface area contributed by atoms with E-state index in [0.29, 0.717) is 35.8 Å². The molecule has 0 aromatic heterocycles. The van der Waals surface area contributed by atoms with Crippen molar-refractivity contribution in [1.29, 1.82) is 0 Å². The zero-order chi connectivity index (χ0) is 39.8. The number of rotatable bonds is 8. The van der Waals surface area contributed by atoms with Crippen LogP contribution in [-0.2, 0) is 0 Å². The molecule has 1 aliphatic heterocycles. The Morgan fingerprint density at radius 1 is 0.583 bits per heavy atom. The van der Waals surface area contributed by atoms with Gasteiger partial charge < -0.3 is 9.80 Å². The molecular weight excluding hydrogens is 725 g/mol. The van der Waals surface area contributed by atoms with Gasteiger partial charge in [0.05, 0.1) is 23.8 Å². The molecule has 60 heavy (non-hydrogen) atoms. The average molecular weight is 781 g/mol. The van der Waals surface area contributed by atoms with Crippen LogP contribution in [-0.4, -0.2) is 23.0 Å². The molecule has 0 radical (unpaired) electrons. The van der Waals surface area contributed by atoms with Crippen LogP contribution in [0.15, 0.2) is 222 Å². The summed E-state index contributed by atoms with van der Waals surface area (Å²) in [4.78, 5) is 5.49. The van der Waals surface area contributed by atoms with Gasteiger partial charge >= 0.3 is 0 Å². The van der Waals surface area contributed by atoms with Gasteiger partial charge in [-0.2, -0.15) is 0 Å². The second-order valence-corrected chi connectivity index (χ2v) is 17.9. The summed E-state index contributed by atoms with van der Waals surface area (Å²) in [6.45, 7) is 0. The van der Waals surface area contributed by atoms with Crippen LogP contribution in [0.5, 0.6) is 0 Å². The first-order valence-electron chi connectivity index (χ1n) is 22.8. The van der Waals surface area contributed by atoms with Gasteiger partial charge in [-0.25, -0.2) is 0 Å². The highest BCUT2D eigenvalue weighted by molar-refractivity contribution is 5.99. The van der Waals surface area contributed by atoms with Crippen molar-refractivity contribution in [1.82, 2.24) is 4.90 Å². The topological polar surface area (TPSA) is 6.48 Å². The van der Waals surface area contributed by atoms with Gasteiger partial charge in [-0.05, 0) is 109 Å². The standard InChI is InChI=1S/C58H56N2/c1-3-13-41(14-4-1)43-23-25-44(26-24-43)46-29-36-50(37-30-46)59(49-34-27-45(28-35-49)42-15-5-2-6-16-42)51-38-31-48(32-39-51)52-18-9-11-21-56(52)60-57-22-12-10-20-54(57)55-40-33-47-17-7-8-19-53(47)58(55)60/h1-5,7-9,11-15,17,19,21-23,25-29,31-34,36-38,40,43,46,49,51-52,54,57H,6,10,16,18,20,24,30,35,39H2. The Morgan fingerprint density at radius 2 is 1.38 bits per heavy atom. The van der Waals surface area contributed by atoms with Gasteiger partial charge in [0.15, 0.2) is 0 Å². The average Bonchev–Trinajstić information content (AvgIpc) is 3.68. The number of allylic oxidation sites excluding steroid dienone is 19. The number of hydrogen-bond donors (Lipinski definition) is 0. The SMILES string of the molecule is C1=CCCC(C2=CCC(N(C3=CCC(C4=CCC(c5ccccc5)C=C4)C=C3)C3C=CC(C4CC=CC=C4N4c5c(ccc6ccccc56)C5CCC=CC54)=CC3)C=C2)=C1. The van der Waals surface area contributed by atoms with Gasteiger partial charge in [0.25, 0.3) is 0 Å². The summed E-state index contributed by atoms with van der Waals surface area (Å²) in [7, 11) is 0. The van der Waals surface area contributed by atoms with Crippen molar-refractivity contribution in [2.75, 3.05) is 4.90 Å². The van der Waals surface area contributed by atoms with Crippen LogP contribution < -0.4 is 4.90 Å². The molecule has 7 atom stereocenters. The molecule has 7 aliphatic carbocycles. The van der Waals surface area contributed by atoms with E-state index in [1.54, 1.807) is 0 Å². The van der Waals surface area contributed by atoms with Crippen molar-refractivity contribution in [3.63, 3.8) is 0 Å². The van der Waals surface area contributed by atoms with E-state index in [1.165, 1.54) is 67.7 Å². The fraction of sp³-hybridized carbons (Fsp3) is 0.276. The van der Waals surface area contributed by atoms with E-state index in [0.717, 1.165) is 51.4 Å². The van der Waals surface area contributed by atoms with Crippen molar-refractivity contribution in [3.8, 4) is 0 Å². The number of benzene rings is 3. The van der Waals surface area contributed by atoms with Crippen LogP contribution >= 0.6 is 0 Å². The lowest BCUT2D eigenvalue weighted by atomic mass is 9.82. The van der Waals surface area contributed by atoms with Gasteiger partial charge in [-0.3, -0.25) is 0 Å². The summed E-state index contributed by atoms with van der Waals surface area (Å²) in [5.74, 6) is 1.76. The quantitative estimate of drug-likeness (QED) is 0.210. The van der Waals surface area contributed by atoms with E-state index in [9.17, 15) is 0 Å². The molecule has 0 fully saturated rings. The van der Waals surface area contributed by atoms with Crippen molar-refractivity contribution >= 4 is 16.5 Å². The van der Waals surface area contributed by atoms with E-state index in [2.05, 4.69) is 198 Å². The Balaban J connectivity index is 0.859. The molecule has 298 valence electrons. The van der Waals surface area contributed by atoms with Crippen molar-refractivity contribution in [2.45, 2.75) is 87.7 Å². The second-order valence-electron chi connectivity index (χ2n) is 17.9. The zero-order valence-electron chi connectivity index (χ0n) is 34.7. The molecule has 1 heterocycles. The van der Waals surface area contributed by atoms with Gasteiger partial charge in [0, 0.05) is 40.5 Å². The number of hydrogen-bond acceptors (Lipinski definition) is 2. The summed E-state index contributed by atoms with van der Waals surface area (Å²) >= 11 is 0. The monoisotopic (exact) mass is 780 g/mol. The first kappa shape index (κ1) is 37.2. The third-order valence-electron chi connectivity index (χ3n) is 14.5. The summed E-state index contributed by atoms with van der Waals surface area (Å²) < 4.78 is 0. The molecule has 0 N–H and O–H groups in total. The molecule has 0 bridgehead atoms. The lowest BCUT2D eigenvalue weighted by Crippen LogP contribution is -2.42. The van der Waals surface area contributed by atoms with E-state index < -0.39 is 0 Å². The second kappa shape index (κ2) is 16.3. The normalized spacial score (nSPS) is 29.0. The summed E-state index contributed by atoms with van der Waals surface area (Å²) in [5, 5.41) is 2.72. The number of nitrogens with zero attached hydrogens (tertiary/aromatic N) is 2. The highest BCUT2D eigenvalue weighted by atomic mass is 15.2. The van der Waals surface area contributed by atoms with E-state index in [4.69, 9.17) is 0 Å². The van der Waals surface area contributed by atoms with E-state index in [1.807, 2.05) is 0 Å². The Morgan fingerprint density at radius 3 is 2.17 bits per heavy atom. The Kier molecular flexibility index (Phi) is 10.1. The summed E-state index contributed by atoms with van der Waals surface area (Å²) in [5.41, 5.74) is 13.0. The van der Waals surface area contributed by atoms with E-state index in [-0.39, 0.29) is 6.04 Å². The minimum absolute atomic E-state index is 0.289. The molecule has 0 saturated heterocycles. The fourth-order valence-corrected chi connectivity index (χ4v) is 11.4. The largest absolute Gasteiger partial charge is 0.358 e. The van der Waals surface area contributed by atoms with Crippen LogP contribution in [0.4, 0.5) is 5.69 Å². The van der Waals surface area contributed by atoms with Crippen molar-refractivity contribution in [3.05, 3.63) is 233 Å². The maximum absolute atomic E-state index is 2.75. The summed E-state index contributed by atoms with van der Waals surface area (Å²) in [6, 6.07) is 25.7. The molecule has 2 heteroatoms.